The van der Waals surface area contributed by atoms with Crippen LogP contribution in [0.25, 0.3) is 0 Å². The molecule has 0 bridgehead atoms. The molecule has 1 aliphatic rings. The molecule has 3 rings (SSSR count). The van der Waals surface area contributed by atoms with E-state index in [2.05, 4.69) is 16.7 Å². The van der Waals surface area contributed by atoms with E-state index < -0.39 is 0 Å². The Balaban J connectivity index is 1.40. The van der Waals surface area contributed by atoms with Crippen LogP contribution in [0.1, 0.15) is 29.5 Å². The summed E-state index contributed by atoms with van der Waals surface area (Å²) < 4.78 is 0. The third-order valence-corrected chi connectivity index (χ3v) is 5.18. The van der Waals surface area contributed by atoms with Crippen molar-refractivity contribution >= 4 is 17.5 Å². The molecule has 0 aliphatic carbocycles. The fraction of sp³-hybridized carbons (Fsp3) is 0.391. The molecule has 1 heterocycles. The lowest BCUT2D eigenvalue weighted by molar-refractivity contribution is -0.897. The summed E-state index contributed by atoms with van der Waals surface area (Å²) in [6.07, 6.45) is 2.24. The van der Waals surface area contributed by atoms with Crippen molar-refractivity contribution in [1.82, 2.24) is 5.32 Å². The summed E-state index contributed by atoms with van der Waals surface area (Å²) >= 11 is 0. The SMILES string of the molecule is Cc1cc(C)cc(NC(=O)C[NH+]2CCC(NC(=O)Cc3ccccc3)CC2)c1. The van der Waals surface area contributed by atoms with Crippen LogP contribution in [-0.2, 0) is 16.0 Å². The van der Waals surface area contributed by atoms with E-state index in [1.54, 1.807) is 0 Å². The van der Waals surface area contributed by atoms with Gasteiger partial charge in [0.25, 0.3) is 5.91 Å². The van der Waals surface area contributed by atoms with Crippen molar-refractivity contribution in [3.63, 3.8) is 0 Å². The van der Waals surface area contributed by atoms with E-state index >= 15 is 0 Å². The van der Waals surface area contributed by atoms with Crippen LogP contribution in [0.15, 0.2) is 48.5 Å². The number of piperidine rings is 1. The van der Waals surface area contributed by atoms with Gasteiger partial charge in [-0.05, 0) is 42.7 Å². The molecule has 5 nitrogen and oxygen atoms in total. The molecule has 28 heavy (non-hydrogen) atoms. The fourth-order valence-electron chi connectivity index (χ4n) is 3.89. The molecule has 2 aromatic rings. The Labute approximate surface area is 167 Å². The number of carbonyl (C=O) groups is 2. The predicted molar refractivity (Wildman–Crippen MR) is 111 cm³/mol. The van der Waals surface area contributed by atoms with E-state index in [0.29, 0.717) is 13.0 Å². The van der Waals surface area contributed by atoms with Gasteiger partial charge in [-0.2, -0.15) is 0 Å². The Kier molecular flexibility index (Phi) is 6.82. The number of anilines is 1. The smallest absolute Gasteiger partial charge is 0.279 e. The fourth-order valence-corrected chi connectivity index (χ4v) is 3.89. The maximum absolute atomic E-state index is 12.4. The van der Waals surface area contributed by atoms with E-state index in [0.717, 1.165) is 48.3 Å². The van der Waals surface area contributed by atoms with Crippen molar-refractivity contribution in [2.45, 2.75) is 39.2 Å². The van der Waals surface area contributed by atoms with Gasteiger partial charge in [0.2, 0.25) is 5.91 Å². The Morgan fingerprint density at radius 1 is 0.964 bits per heavy atom. The summed E-state index contributed by atoms with van der Waals surface area (Å²) in [6.45, 7) is 6.33. The maximum Gasteiger partial charge on any atom is 0.279 e. The number of hydrogen-bond donors (Lipinski definition) is 3. The van der Waals surface area contributed by atoms with Crippen molar-refractivity contribution in [1.29, 1.82) is 0 Å². The van der Waals surface area contributed by atoms with Crippen LogP contribution >= 0.6 is 0 Å². The number of likely N-dealkylation sites (tertiary alicyclic amines) is 1. The highest BCUT2D eigenvalue weighted by molar-refractivity contribution is 5.91. The van der Waals surface area contributed by atoms with Gasteiger partial charge in [-0.1, -0.05) is 36.4 Å². The van der Waals surface area contributed by atoms with E-state index in [4.69, 9.17) is 0 Å². The molecular formula is C23H30N3O2+. The number of benzene rings is 2. The van der Waals surface area contributed by atoms with Crippen molar-refractivity contribution < 1.29 is 14.5 Å². The minimum absolute atomic E-state index is 0.0477. The molecule has 0 aromatic heterocycles. The van der Waals surface area contributed by atoms with E-state index in [-0.39, 0.29) is 17.9 Å². The van der Waals surface area contributed by atoms with Crippen LogP contribution in [0.5, 0.6) is 0 Å². The Morgan fingerprint density at radius 3 is 2.25 bits per heavy atom. The molecule has 1 saturated heterocycles. The number of quaternary nitrogens is 1. The summed E-state index contributed by atoms with van der Waals surface area (Å²) in [5.41, 5.74) is 4.19. The van der Waals surface area contributed by atoms with Gasteiger partial charge in [0, 0.05) is 24.6 Å². The third kappa shape index (κ3) is 6.20. The summed E-state index contributed by atoms with van der Waals surface area (Å²) in [5.74, 6) is 0.124. The summed E-state index contributed by atoms with van der Waals surface area (Å²) in [7, 11) is 0. The zero-order valence-electron chi connectivity index (χ0n) is 16.8. The quantitative estimate of drug-likeness (QED) is 0.714. The monoisotopic (exact) mass is 380 g/mol. The van der Waals surface area contributed by atoms with Crippen LogP contribution in [0.2, 0.25) is 0 Å². The average Bonchev–Trinajstić information content (AvgIpc) is 2.63. The first-order chi connectivity index (χ1) is 13.5. The number of amides is 2. The number of carbonyl (C=O) groups excluding carboxylic acids is 2. The molecule has 2 amide bonds. The molecule has 2 aromatic carbocycles. The lowest BCUT2D eigenvalue weighted by Gasteiger charge is -2.29. The first kappa shape index (κ1) is 20.1. The molecule has 5 heteroatoms. The highest BCUT2D eigenvalue weighted by Gasteiger charge is 2.25. The number of aryl methyl sites for hydroxylation is 2. The molecule has 0 unspecified atom stereocenters. The van der Waals surface area contributed by atoms with Crippen LogP contribution in [0.3, 0.4) is 0 Å². The van der Waals surface area contributed by atoms with Crippen molar-refractivity contribution in [3.05, 3.63) is 65.2 Å². The zero-order valence-corrected chi connectivity index (χ0v) is 16.8. The highest BCUT2D eigenvalue weighted by atomic mass is 16.2. The first-order valence-corrected chi connectivity index (χ1v) is 10.0. The van der Waals surface area contributed by atoms with Crippen molar-refractivity contribution in [2.24, 2.45) is 0 Å². The minimum atomic E-state index is 0.0477. The van der Waals surface area contributed by atoms with Gasteiger partial charge in [-0.3, -0.25) is 9.59 Å². The maximum atomic E-state index is 12.4. The highest BCUT2D eigenvalue weighted by Crippen LogP contribution is 2.13. The molecule has 1 fully saturated rings. The molecule has 0 spiro atoms. The normalized spacial score (nSPS) is 19.1. The first-order valence-electron chi connectivity index (χ1n) is 10.0. The van der Waals surface area contributed by atoms with Crippen LogP contribution < -0.4 is 15.5 Å². The number of hydrogen-bond acceptors (Lipinski definition) is 2. The molecule has 0 atom stereocenters. The van der Waals surface area contributed by atoms with Gasteiger partial charge in [-0.15, -0.1) is 0 Å². The lowest BCUT2D eigenvalue weighted by atomic mass is 10.0. The van der Waals surface area contributed by atoms with Gasteiger partial charge in [0.05, 0.1) is 19.5 Å². The third-order valence-electron chi connectivity index (χ3n) is 5.18. The van der Waals surface area contributed by atoms with Crippen LogP contribution in [0.4, 0.5) is 5.69 Å². The van der Waals surface area contributed by atoms with Crippen LogP contribution in [0, 0.1) is 13.8 Å². The predicted octanol–water partition coefficient (Wildman–Crippen LogP) is 1.65. The number of rotatable bonds is 6. The molecule has 1 aliphatic heterocycles. The zero-order chi connectivity index (χ0) is 19.9. The summed E-state index contributed by atoms with van der Waals surface area (Å²) in [4.78, 5) is 25.9. The van der Waals surface area contributed by atoms with Gasteiger partial charge in [-0.25, -0.2) is 0 Å². The lowest BCUT2D eigenvalue weighted by Crippen LogP contribution is -3.14. The van der Waals surface area contributed by atoms with E-state index in [1.807, 2.05) is 56.3 Å². The second-order valence-corrected chi connectivity index (χ2v) is 7.86. The molecular weight excluding hydrogens is 350 g/mol. The van der Waals surface area contributed by atoms with Crippen LogP contribution in [-0.4, -0.2) is 37.5 Å². The standard InChI is InChI=1S/C23H29N3O2/c1-17-12-18(2)14-21(13-17)25-23(28)16-26-10-8-20(9-11-26)24-22(27)15-19-6-4-3-5-7-19/h3-7,12-14,20H,8-11,15-16H2,1-2H3,(H,24,27)(H,25,28)/p+1. The van der Waals surface area contributed by atoms with Crippen molar-refractivity contribution in [3.8, 4) is 0 Å². The minimum Gasteiger partial charge on any atom is -0.353 e. The largest absolute Gasteiger partial charge is 0.353 e. The second kappa shape index (κ2) is 9.51. The summed E-state index contributed by atoms with van der Waals surface area (Å²) in [6, 6.07) is 16.1. The van der Waals surface area contributed by atoms with Crippen molar-refractivity contribution in [2.75, 3.05) is 25.0 Å². The topological polar surface area (TPSA) is 62.6 Å². The summed E-state index contributed by atoms with van der Waals surface area (Å²) in [5, 5.41) is 6.15. The Morgan fingerprint density at radius 2 is 1.61 bits per heavy atom. The second-order valence-electron chi connectivity index (χ2n) is 7.86. The van der Waals surface area contributed by atoms with E-state index in [9.17, 15) is 9.59 Å². The van der Waals surface area contributed by atoms with Gasteiger partial charge in [0.1, 0.15) is 0 Å². The van der Waals surface area contributed by atoms with Gasteiger partial charge in [0.15, 0.2) is 6.54 Å². The Bertz CT molecular complexity index is 792. The molecule has 0 radical (unpaired) electrons. The van der Waals surface area contributed by atoms with Gasteiger partial charge < -0.3 is 15.5 Å². The molecule has 0 saturated carbocycles. The average molecular weight is 381 g/mol. The Hall–Kier alpha value is -2.66. The molecule has 148 valence electrons. The van der Waals surface area contributed by atoms with E-state index in [1.165, 1.54) is 4.90 Å². The molecule has 3 N–H and O–H groups in total. The number of nitrogens with one attached hydrogen (secondary N) is 3. The van der Waals surface area contributed by atoms with Gasteiger partial charge >= 0.3 is 0 Å².